The van der Waals surface area contributed by atoms with Gasteiger partial charge < -0.3 is 10.6 Å². The maximum atomic E-state index is 12.7. The fraction of sp³-hybridized carbons (Fsp3) is 0.250. The van der Waals surface area contributed by atoms with Gasteiger partial charge in [-0.05, 0) is 55.0 Å². The number of rotatable bonds is 9. The van der Waals surface area contributed by atoms with E-state index in [-0.39, 0.29) is 24.7 Å². The molecule has 0 radical (unpaired) electrons. The molecule has 0 unspecified atom stereocenters. The van der Waals surface area contributed by atoms with Gasteiger partial charge in [-0.3, -0.25) is 9.59 Å². The van der Waals surface area contributed by atoms with Crippen molar-refractivity contribution in [3.05, 3.63) is 66.7 Å². The van der Waals surface area contributed by atoms with Crippen molar-refractivity contribution in [3.8, 4) is 0 Å². The van der Waals surface area contributed by atoms with Crippen molar-refractivity contribution in [1.82, 2.24) is 4.98 Å². The number of aromatic nitrogens is 1. The number of hydrogen-bond donors (Lipinski definition) is 2. The Morgan fingerprint density at radius 1 is 0.895 bits per heavy atom. The molecule has 0 bridgehead atoms. The molecule has 1 heterocycles. The molecule has 0 aliphatic carbocycles. The highest BCUT2D eigenvalue weighted by atomic mass is 35.5. The Balaban J connectivity index is 0.00000400. The van der Waals surface area contributed by atoms with Gasteiger partial charge in [0.15, 0.2) is 0 Å². The zero-order valence-electron chi connectivity index (χ0n) is 21.5. The summed E-state index contributed by atoms with van der Waals surface area (Å²) < 4.78 is 25.7. The van der Waals surface area contributed by atoms with Crippen LogP contribution in [0.1, 0.15) is 39.5 Å². The molecule has 0 saturated heterocycles. The first kappa shape index (κ1) is 28.9. The Morgan fingerprint density at radius 3 is 2.21 bits per heavy atom. The first-order valence-electron chi connectivity index (χ1n) is 12.2. The van der Waals surface area contributed by atoms with E-state index in [1.165, 1.54) is 6.92 Å². The van der Waals surface area contributed by atoms with Crippen LogP contribution in [0.5, 0.6) is 0 Å². The number of halogens is 1. The highest BCUT2D eigenvalue weighted by molar-refractivity contribution is 7.92. The highest BCUT2D eigenvalue weighted by Gasteiger charge is 2.24. The van der Waals surface area contributed by atoms with Crippen molar-refractivity contribution in [2.24, 2.45) is 0 Å². The predicted molar refractivity (Wildman–Crippen MR) is 157 cm³/mol. The molecule has 3 aromatic carbocycles. The number of nitrogens with zero attached hydrogens (tertiary/aromatic N) is 2. The molecule has 8 nitrogen and oxygen atoms in total. The number of para-hydroxylation sites is 1. The third-order valence-electron chi connectivity index (χ3n) is 5.93. The number of nitrogens with one attached hydrogen (secondary N) is 2. The average Bonchev–Trinajstić information content (AvgIpc) is 2.84. The fourth-order valence-electron chi connectivity index (χ4n) is 4.28. The van der Waals surface area contributed by atoms with E-state index < -0.39 is 15.9 Å². The second kappa shape index (κ2) is 12.2. The van der Waals surface area contributed by atoms with Gasteiger partial charge in [0, 0.05) is 35.5 Å². The summed E-state index contributed by atoms with van der Waals surface area (Å²) >= 11 is 0. The largest absolute Gasteiger partial charge is 0.354 e. The van der Waals surface area contributed by atoms with Crippen molar-refractivity contribution < 1.29 is 18.0 Å². The lowest BCUT2D eigenvalue weighted by Gasteiger charge is -2.21. The molecule has 10 heteroatoms. The zero-order valence-corrected chi connectivity index (χ0v) is 23.2. The van der Waals surface area contributed by atoms with Crippen LogP contribution >= 0.6 is 12.4 Å². The van der Waals surface area contributed by atoms with Crippen molar-refractivity contribution in [2.45, 2.75) is 39.5 Å². The molecule has 0 atom stereocenters. The smallest absolute Gasteiger partial charge is 0.240 e. The molecule has 2 amide bonds. The normalized spacial score (nSPS) is 11.1. The number of pyridine rings is 1. The van der Waals surface area contributed by atoms with Crippen LogP contribution in [0.4, 0.5) is 22.7 Å². The number of carbonyl (C=O) groups is 2. The fourth-order valence-corrected chi connectivity index (χ4v) is 5.25. The number of sulfonamides is 1. The maximum absolute atomic E-state index is 12.7. The Kier molecular flexibility index (Phi) is 9.30. The lowest BCUT2D eigenvalue weighted by atomic mass is 10.1. The van der Waals surface area contributed by atoms with Gasteiger partial charge in [-0.15, -0.1) is 12.4 Å². The topological polar surface area (TPSA) is 108 Å². The maximum Gasteiger partial charge on any atom is 0.240 e. The first-order valence-corrected chi connectivity index (χ1v) is 14.0. The van der Waals surface area contributed by atoms with Crippen LogP contribution < -0.4 is 14.9 Å². The van der Waals surface area contributed by atoms with Crippen molar-refractivity contribution in [3.63, 3.8) is 0 Å². The molecule has 200 valence electrons. The number of hydrogen-bond acceptors (Lipinski definition) is 6. The van der Waals surface area contributed by atoms with Crippen LogP contribution in [0.25, 0.3) is 21.8 Å². The molecule has 2 N–H and O–H groups in total. The van der Waals surface area contributed by atoms with Gasteiger partial charge >= 0.3 is 0 Å². The number of unbranched alkanes of at least 4 members (excludes halogenated alkanes) is 2. The van der Waals surface area contributed by atoms with Gasteiger partial charge in [0.25, 0.3) is 0 Å². The molecule has 0 saturated carbocycles. The Hall–Kier alpha value is -3.69. The van der Waals surface area contributed by atoms with Crippen LogP contribution in [0.2, 0.25) is 0 Å². The summed E-state index contributed by atoms with van der Waals surface area (Å²) in [4.78, 5) is 29.0. The van der Waals surface area contributed by atoms with Crippen LogP contribution in [0.3, 0.4) is 0 Å². The molecule has 0 fully saturated rings. The van der Waals surface area contributed by atoms with E-state index in [1.807, 2.05) is 49.4 Å². The van der Waals surface area contributed by atoms with Gasteiger partial charge in [0.1, 0.15) is 0 Å². The van der Waals surface area contributed by atoms with Gasteiger partial charge in [-0.1, -0.05) is 38.0 Å². The molecular formula is C28H31ClN4O4S. The molecule has 1 aromatic heterocycles. The Morgan fingerprint density at radius 2 is 1.55 bits per heavy atom. The summed E-state index contributed by atoms with van der Waals surface area (Å²) in [5, 5.41) is 8.01. The third-order valence-corrected chi connectivity index (χ3v) is 7.00. The number of anilines is 4. The van der Waals surface area contributed by atoms with Crippen LogP contribution in [0, 0.1) is 0 Å². The lowest BCUT2D eigenvalue weighted by molar-refractivity contribution is -0.117. The minimum Gasteiger partial charge on any atom is -0.354 e. The van der Waals surface area contributed by atoms with Crippen molar-refractivity contribution in [1.29, 1.82) is 0 Å². The number of benzene rings is 3. The van der Waals surface area contributed by atoms with Crippen LogP contribution in [-0.4, -0.2) is 31.5 Å². The number of fused-ring (bicyclic) bond motifs is 2. The molecule has 0 aliphatic heterocycles. The van der Waals surface area contributed by atoms with Crippen molar-refractivity contribution in [2.75, 3.05) is 21.2 Å². The zero-order chi connectivity index (χ0) is 26.6. The van der Waals surface area contributed by atoms with Gasteiger partial charge in [0.05, 0.1) is 28.7 Å². The van der Waals surface area contributed by atoms with E-state index in [2.05, 4.69) is 10.6 Å². The molecule has 0 spiro atoms. The van der Waals surface area contributed by atoms with E-state index in [0.29, 0.717) is 23.3 Å². The molecular weight excluding hydrogens is 524 g/mol. The van der Waals surface area contributed by atoms with Gasteiger partial charge in [0.2, 0.25) is 21.8 Å². The summed E-state index contributed by atoms with van der Waals surface area (Å²) in [6, 6.07) is 20.0. The number of carbonyl (C=O) groups excluding carboxylic acids is 2. The monoisotopic (exact) mass is 554 g/mol. The molecule has 4 rings (SSSR count). The van der Waals surface area contributed by atoms with Gasteiger partial charge in [-0.2, -0.15) is 0 Å². The van der Waals surface area contributed by atoms with E-state index >= 15 is 0 Å². The predicted octanol–water partition coefficient (Wildman–Crippen LogP) is 6.38. The molecule has 4 aromatic rings. The molecule has 38 heavy (non-hydrogen) atoms. The third kappa shape index (κ3) is 6.59. The highest BCUT2D eigenvalue weighted by Crippen LogP contribution is 2.35. The molecule has 0 aliphatic rings. The lowest BCUT2D eigenvalue weighted by Crippen LogP contribution is -2.36. The summed E-state index contributed by atoms with van der Waals surface area (Å²) in [7, 11) is -3.77. The second-order valence-electron chi connectivity index (χ2n) is 8.97. The minimum atomic E-state index is -3.77. The quantitative estimate of drug-likeness (QED) is 0.183. The summed E-state index contributed by atoms with van der Waals surface area (Å²) in [5.41, 5.74) is 4.01. The van der Waals surface area contributed by atoms with Gasteiger partial charge in [-0.25, -0.2) is 17.7 Å². The second-order valence-corrected chi connectivity index (χ2v) is 10.8. The summed E-state index contributed by atoms with van der Waals surface area (Å²) in [6.45, 7) is 3.49. The Labute approximate surface area is 228 Å². The van der Waals surface area contributed by atoms with E-state index in [1.54, 1.807) is 24.3 Å². The summed E-state index contributed by atoms with van der Waals surface area (Å²) in [5.74, 6) is -0.594. The number of amides is 2. The average molecular weight is 555 g/mol. The van der Waals surface area contributed by atoms with Crippen molar-refractivity contribution >= 4 is 78.8 Å². The van der Waals surface area contributed by atoms with E-state index in [9.17, 15) is 18.0 Å². The standard InChI is InChI=1S/C28H30N4O4S.ClH/c1-4-5-6-11-27(34)32(37(3,35)36)22-15-12-20(13-16-22)30-28-23-9-7-8-10-25(23)31-26-18-21(29-19(2)33)14-17-24(26)28;/h7-10,12-18H,4-6,11H2,1-3H3,(H,29,33)(H,30,31);1H. The van der Waals surface area contributed by atoms with Crippen LogP contribution in [-0.2, 0) is 19.6 Å². The van der Waals surface area contributed by atoms with E-state index in [4.69, 9.17) is 4.98 Å². The SMILES string of the molecule is CCCCCC(=O)N(c1ccc(Nc2c3ccccc3nc3cc(NC(C)=O)ccc23)cc1)S(C)(=O)=O.Cl. The summed E-state index contributed by atoms with van der Waals surface area (Å²) in [6.07, 6.45) is 3.68. The minimum absolute atomic E-state index is 0. The Bertz CT molecular complexity index is 1570. The van der Waals surface area contributed by atoms with E-state index in [0.717, 1.165) is 51.1 Å². The van der Waals surface area contributed by atoms with Crippen LogP contribution in [0.15, 0.2) is 66.7 Å². The first-order chi connectivity index (χ1) is 17.7.